The molecular weight excluding hydrogens is 254 g/mol. The first-order valence-electron chi connectivity index (χ1n) is 6.55. The van der Waals surface area contributed by atoms with Crippen LogP contribution in [0.25, 0.3) is 0 Å². The molecule has 106 valence electrons. The third-order valence-corrected chi connectivity index (χ3v) is 3.20. The molecule has 0 saturated heterocycles. The van der Waals surface area contributed by atoms with Gasteiger partial charge in [-0.05, 0) is 11.1 Å². The van der Waals surface area contributed by atoms with Crippen molar-refractivity contribution in [2.24, 2.45) is 0 Å². The molecule has 2 aromatic rings. The number of hydroxylamine groups is 2. The normalized spacial score (nSPS) is 14.2. The third-order valence-electron chi connectivity index (χ3n) is 3.20. The van der Waals surface area contributed by atoms with Crippen LogP contribution in [-0.4, -0.2) is 33.2 Å². The summed E-state index contributed by atoms with van der Waals surface area (Å²) in [6, 6.07) is 18.0. The summed E-state index contributed by atoms with van der Waals surface area (Å²) in [6.07, 6.45) is -1.05. The standard InChI is InChI=1S/C16H19NO3/c18-12-15(19)16(14-9-5-2-6-10-14)17(20)11-13-7-3-1-4-8-13/h1-10,15-16,18-20H,11-12H2/t15-,16-/m1/s1. The van der Waals surface area contributed by atoms with E-state index in [1.54, 1.807) is 0 Å². The molecule has 0 radical (unpaired) electrons. The molecular formula is C16H19NO3. The lowest BCUT2D eigenvalue weighted by Gasteiger charge is -2.29. The molecule has 0 spiro atoms. The van der Waals surface area contributed by atoms with Crippen LogP contribution in [0.15, 0.2) is 60.7 Å². The first kappa shape index (κ1) is 14.7. The molecule has 2 atom stereocenters. The van der Waals surface area contributed by atoms with E-state index in [2.05, 4.69) is 0 Å². The zero-order valence-corrected chi connectivity index (χ0v) is 11.1. The first-order chi connectivity index (χ1) is 9.72. The number of aliphatic hydroxyl groups is 2. The molecule has 0 aliphatic heterocycles. The Labute approximate surface area is 118 Å². The van der Waals surface area contributed by atoms with Crippen molar-refractivity contribution in [3.8, 4) is 0 Å². The molecule has 0 fully saturated rings. The van der Waals surface area contributed by atoms with Gasteiger partial charge in [-0.15, -0.1) is 0 Å². The van der Waals surface area contributed by atoms with Crippen LogP contribution < -0.4 is 0 Å². The van der Waals surface area contributed by atoms with Crippen molar-refractivity contribution in [2.75, 3.05) is 6.61 Å². The van der Waals surface area contributed by atoms with E-state index in [9.17, 15) is 15.4 Å². The van der Waals surface area contributed by atoms with Gasteiger partial charge in [-0.2, -0.15) is 5.06 Å². The number of hydrogen-bond donors (Lipinski definition) is 3. The van der Waals surface area contributed by atoms with Crippen LogP contribution in [0.2, 0.25) is 0 Å². The van der Waals surface area contributed by atoms with Gasteiger partial charge in [-0.1, -0.05) is 60.7 Å². The SMILES string of the molecule is OC[C@@H](O)[C@@H](c1ccccc1)N(O)Cc1ccccc1. The van der Waals surface area contributed by atoms with Crippen molar-refractivity contribution >= 4 is 0 Å². The number of hydrogen-bond acceptors (Lipinski definition) is 4. The van der Waals surface area contributed by atoms with Gasteiger partial charge in [0.25, 0.3) is 0 Å². The van der Waals surface area contributed by atoms with Gasteiger partial charge >= 0.3 is 0 Å². The molecule has 2 rings (SSSR count). The van der Waals surface area contributed by atoms with Gasteiger partial charge in [0.1, 0.15) is 0 Å². The van der Waals surface area contributed by atoms with Crippen LogP contribution in [0.5, 0.6) is 0 Å². The van der Waals surface area contributed by atoms with E-state index in [0.29, 0.717) is 0 Å². The molecule has 0 bridgehead atoms. The van der Waals surface area contributed by atoms with Crippen molar-refractivity contribution in [3.63, 3.8) is 0 Å². The highest BCUT2D eigenvalue weighted by Crippen LogP contribution is 2.24. The highest BCUT2D eigenvalue weighted by atomic mass is 16.5. The summed E-state index contributed by atoms with van der Waals surface area (Å²) >= 11 is 0. The van der Waals surface area contributed by atoms with E-state index >= 15 is 0 Å². The monoisotopic (exact) mass is 273 g/mol. The predicted octanol–water partition coefficient (Wildman–Crippen LogP) is 1.97. The molecule has 20 heavy (non-hydrogen) atoms. The maximum atomic E-state index is 10.3. The first-order valence-corrected chi connectivity index (χ1v) is 6.55. The average molecular weight is 273 g/mol. The van der Waals surface area contributed by atoms with E-state index in [1.165, 1.54) is 0 Å². The molecule has 0 saturated carbocycles. The quantitative estimate of drug-likeness (QED) is 0.704. The summed E-state index contributed by atoms with van der Waals surface area (Å²) in [7, 11) is 0. The summed E-state index contributed by atoms with van der Waals surface area (Å²) in [6.45, 7) is -0.136. The number of aliphatic hydroxyl groups excluding tert-OH is 2. The van der Waals surface area contributed by atoms with E-state index < -0.39 is 18.8 Å². The average Bonchev–Trinajstić information content (AvgIpc) is 2.49. The Bertz CT molecular complexity index is 504. The highest BCUT2D eigenvalue weighted by Gasteiger charge is 2.26. The summed E-state index contributed by atoms with van der Waals surface area (Å²) in [4.78, 5) is 0. The van der Waals surface area contributed by atoms with Crippen molar-refractivity contribution in [1.29, 1.82) is 0 Å². The van der Waals surface area contributed by atoms with Crippen molar-refractivity contribution in [2.45, 2.75) is 18.7 Å². The molecule has 0 unspecified atom stereocenters. The summed E-state index contributed by atoms with van der Waals surface area (Å²) in [5, 5.41) is 30.5. The molecule has 4 nitrogen and oxygen atoms in total. The van der Waals surface area contributed by atoms with Crippen LogP contribution in [0, 0.1) is 0 Å². The fraction of sp³-hybridized carbons (Fsp3) is 0.250. The van der Waals surface area contributed by atoms with E-state index in [4.69, 9.17) is 0 Å². The second-order valence-corrected chi connectivity index (χ2v) is 4.69. The largest absolute Gasteiger partial charge is 0.394 e. The minimum Gasteiger partial charge on any atom is -0.394 e. The molecule has 0 aliphatic rings. The fourth-order valence-corrected chi connectivity index (χ4v) is 2.21. The number of nitrogens with zero attached hydrogens (tertiary/aromatic N) is 1. The Morgan fingerprint density at radius 3 is 2.00 bits per heavy atom. The van der Waals surface area contributed by atoms with Crippen LogP contribution in [0.4, 0.5) is 0 Å². The molecule has 4 heteroatoms. The molecule has 3 N–H and O–H groups in total. The second-order valence-electron chi connectivity index (χ2n) is 4.69. The lowest BCUT2D eigenvalue weighted by atomic mass is 10.0. The lowest BCUT2D eigenvalue weighted by molar-refractivity contribution is -0.170. The molecule has 0 heterocycles. The van der Waals surface area contributed by atoms with E-state index in [1.807, 2.05) is 60.7 Å². The smallest absolute Gasteiger partial charge is 0.0990 e. The Kier molecular flexibility index (Phi) is 5.26. The van der Waals surface area contributed by atoms with Gasteiger partial charge in [0.05, 0.1) is 18.8 Å². The van der Waals surface area contributed by atoms with Gasteiger partial charge in [-0.25, -0.2) is 0 Å². The van der Waals surface area contributed by atoms with Crippen LogP contribution in [0.1, 0.15) is 17.2 Å². The number of rotatable bonds is 6. The minimum absolute atomic E-state index is 0.275. The van der Waals surface area contributed by atoms with Gasteiger partial charge in [0.15, 0.2) is 0 Å². The zero-order chi connectivity index (χ0) is 14.4. The maximum Gasteiger partial charge on any atom is 0.0990 e. The van der Waals surface area contributed by atoms with Crippen molar-refractivity contribution in [1.82, 2.24) is 5.06 Å². The van der Waals surface area contributed by atoms with Crippen molar-refractivity contribution in [3.05, 3.63) is 71.8 Å². The summed E-state index contributed by atoms with van der Waals surface area (Å²) in [5.74, 6) is 0. The van der Waals surface area contributed by atoms with E-state index in [0.717, 1.165) is 16.2 Å². The predicted molar refractivity (Wildman–Crippen MR) is 76.0 cm³/mol. The Morgan fingerprint density at radius 2 is 1.45 bits per heavy atom. The zero-order valence-electron chi connectivity index (χ0n) is 11.1. The minimum atomic E-state index is -1.05. The Morgan fingerprint density at radius 1 is 0.900 bits per heavy atom. The molecule has 0 aromatic heterocycles. The second kappa shape index (κ2) is 7.17. The topological polar surface area (TPSA) is 63.9 Å². The Hall–Kier alpha value is -1.72. The summed E-state index contributed by atoms with van der Waals surface area (Å²) in [5.41, 5.74) is 1.69. The third kappa shape index (κ3) is 3.65. The number of benzene rings is 2. The maximum absolute atomic E-state index is 10.3. The van der Waals surface area contributed by atoms with E-state index in [-0.39, 0.29) is 6.54 Å². The molecule has 0 aliphatic carbocycles. The van der Waals surface area contributed by atoms with Gasteiger partial charge in [0.2, 0.25) is 0 Å². The van der Waals surface area contributed by atoms with Gasteiger partial charge < -0.3 is 15.4 Å². The lowest BCUT2D eigenvalue weighted by Crippen LogP contribution is -2.36. The van der Waals surface area contributed by atoms with Crippen LogP contribution in [0.3, 0.4) is 0 Å². The highest BCUT2D eigenvalue weighted by molar-refractivity contribution is 5.21. The molecule has 2 aromatic carbocycles. The van der Waals surface area contributed by atoms with Crippen LogP contribution in [-0.2, 0) is 6.54 Å². The van der Waals surface area contributed by atoms with Gasteiger partial charge in [0, 0.05) is 6.54 Å². The van der Waals surface area contributed by atoms with Gasteiger partial charge in [-0.3, -0.25) is 0 Å². The van der Waals surface area contributed by atoms with Crippen molar-refractivity contribution < 1.29 is 15.4 Å². The van der Waals surface area contributed by atoms with Crippen LogP contribution >= 0.6 is 0 Å². The Balaban J connectivity index is 2.19. The summed E-state index contributed by atoms with van der Waals surface area (Å²) < 4.78 is 0. The fourth-order valence-electron chi connectivity index (χ4n) is 2.21. The molecule has 0 amide bonds.